The molecule has 0 aliphatic rings. The van der Waals surface area contributed by atoms with Gasteiger partial charge in [0.2, 0.25) is 5.91 Å². The van der Waals surface area contributed by atoms with Gasteiger partial charge in [-0.15, -0.1) is 11.8 Å². The maximum absolute atomic E-state index is 13.0. The van der Waals surface area contributed by atoms with E-state index >= 15 is 0 Å². The number of nitrogens with zero attached hydrogens (tertiary/aromatic N) is 1. The Bertz CT molecular complexity index is 864. The van der Waals surface area contributed by atoms with E-state index in [-0.39, 0.29) is 11.2 Å². The molecule has 1 atom stereocenters. The Balaban J connectivity index is 1.67. The van der Waals surface area contributed by atoms with Gasteiger partial charge in [0.05, 0.1) is 0 Å². The molecule has 28 heavy (non-hydrogen) atoms. The predicted molar refractivity (Wildman–Crippen MR) is 117 cm³/mol. The van der Waals surface area contributed by atoms with Crippen molar-refractivity contribution in [3.8, 4) is 0 Å². The fourth-order valence-corrected chi connectivity index (χ4v) is 4.02. The van der Waals surface area contributed by atoms with E-state index in [4.69, 9.17) is 0 Å². The van der Waals surface area contributed by atoms with Crippen LogP contribution >= 0.6 is 11.8 Å². The summed E-state index contributed by atoms with van der Waals surface area (Å²) in [5.41, 5.74) is 3.38. The molecule has 0 spiro atoms. The number of carbonyl (C=O) groups is 1. The van der Waals surface area contributed by atoms with Crippen LogP contribution in [0, 0.1) is 0 Å². The van der Waals surface area contributed by atoms with Gasteiger partial charge < -0.3 is 10.2 Å². The maximum Gasteiger partial charge on any atom is 0.238 e. The number of rotatable bonds is 8. The molecular formula is C24H26N2OS. The Morgan fingerprint density at radius 1 is 0.857 bits per heavy atom. The smallest absolute Gasteiger partial charge is 0.238 e. The van der Waals surface area contributed by atoms with E-state index in [2.05, 4.69) is 48.6 Å². The van der Waals surface area contributed by atoms with Crippen molar-refractivity contribution in [2.75, 3.05) is 14.1 Å². The molecule has 0 saturated heterocycles. The normalized spacial score (nSPS) is 12.0. The van der Waals surface area contributed by atoms with Crippen LogP contribution in [0.2, 0.25) is 0 Å². The quantitative estimate of drug-likeness (QED) is 0.555. The van der Waals surface area contributed by atoms with Crippen LogP contribution < -0.4 is 5.32 Å². The minimum absolute atomic E-state index is 0.0254. The molecule has 0 aliphatic heterocycles. The van der Waals surface area contributed by atoms with E-state index in [0.717, 1.165) is 22.6 Å². The zero-order chi connectivity index (χ0) is 19.8. The Hall–Kier alpha value is -2.56. The highest BCUT2D eigenvalue weighted by Gasteiger charge is 2.21. The highest BCUT2D eigenvalue weighted by atomic mass is 32.2. The first-order valence-electron chi connectivity index (χ1n) is 9.39. The molecule has 1 amide bonds. The molecule has 144 valence electrons. The summed E-state index contributed by atoms with van der Waals surface area (Å²) < 4.78 is 0. The van der Waals surface area contributed by atoms with Gasteiger partial charge in [0.25, 0.3) is 0 Å². The zero-order valence-electron chi connectivity index (χ0n) is 16.3. The third-order valence-corrected chi connectivity index (χ3v) is 5.59. The van der Waals surface area contributed by atoms with Crippen LogP contribution in [0.3, 0.4) is 0 Å². The topological polar surface area (TPSA) is 32.3 Å². The molecule has 0 fully saturated rings. The number of thioether (sulfide) groups is 1. The lowest BCUT2D eigenvalue weighted by atomic mass is 10.1. The molecule has 3 nitrogen and oxygen atoms in total. The predicted octanol–water partition coefficient (Wildman–Crippen LogP) is 4.90. The highest BCUT2D eigenvalue weighted by Crippen LogP contribution is 2.35. The molecule has 4 heteroatoms. The molecule has 1 N–H and O–H groups in total. The van der Waals surface area contributed by atoms with E-state index in [1.165, 1.54) is 5.56 Å². The van der Waals surface area contributed by atoms with Gasteiger partial charge in [-0.05, 0) is 42.9 Å². The monoisotopic (exact) mass is 390 g/mol. The molecular weight excluding hydrogens is 364 g/mol. The molecule has 3 aromatic rings. The molecule has 3 rings (SSSR count). The van der Waals surface area contributed by atoms with E-state index in [1.54, 1.807) is 11.8 Å². The van der Waals surface area contributed by atoms with E-state index in [9.17, 15) is 4.79 Å². The SMILES string of the molecule is CN(C)Cc1ccc(CNC(=O)C(Sc2ccccc2)c2ccccc2)cc1. The minimum Gasteiger partial charge on any atom is -0.351 e. The molecule has 3 aromatic carbocycles. The van der Waals surface area contributed by atoms with Gasteiger partial charge in [-0.2, -0.15) is 0 Å². The molecule has 0 radical (unpaired) electrons. The molecule has 0 aromatic heterocycles. The average molecular weight is 391 g/mol. The van der Waals surface area contributed by atoms with Gasteiger partial charge in [0.1, 0.15) is 5.25 Å². The van der Waals surface area contributed by atoms with Crippen LogP contribution in [0.4, 0.5) is 0 Å². The lowest BCUT2D eigenvalue weighted by molar-refractivity contribution is -0.120. The van der Waals surface area contributed by atoms with Gasteiger partial charge in [-0.3, -0.25) is 4.79 Å². The standard InChI is InChI=1S/C24H26N2OS/c1-26(2)18-20-15-13-19(14-16-20)17-25-24(27)23(21-9-5-3-6-10-21)28-22-11-7-4-8-12-22/h3-16,23H,17-18H2,1-2H3,(H,25,27). The van der Waals surface area contributed by atoms with Gasteiger partial charge in [-0.25, -0.2) is 0 Å². The van der Waals surface area contributed by atoms with Crippen LogP contribution in [0.1, 0.15) is 21.9 Å². The van der Waals surface area contributed by atoms with Crippen LogP contribution in [0.25, 0.3) is 0 Å². The fraction of sp³-hybridized carbons (Fsp3) is 0.208. The Morgan fingerprint density at radius 2 is 1.43 bits per heavy atom. The molecule has 0 heterocycles. The van der Waals surface area contributed by atoms with Crippen molar-refractivity contribution in [2.45, 2.75) is 23.2 Å². The summed E-state index contributed by atoms with van der Waals surface area (Å²) in [7, 11) is 4.12. The lowest BCUT2D eigenvalue weighted by Crippen LogP contribution is -2.27. The van der Waals surface area contributed by atoms with Crippen LogP contribution in [0.5, 0.6) is 0 Å². The van der Waals surface area contributed by atoms with Gasteiger partial charge in [-0.1, -0.05) is 72.8 Å². The van der Waals surface area contributed by atoms with Crippen LogP contribution in [0.15, 0.2) is 89.8 Å². The zero-order valence-corrected chi connectivity index (χ0v) is 17.2. The Kier molecular flexibility index (Phi) is 7.29. The van der Waals surface area contributed by atoms with Crippen molar-refractivity contribution in [1.29, 1.82) is 0 Å². The van der Waals surface area contributed by atoms with E-state index in [1.807, 2.05) is 60.7 Å². The first-order valence-corrected chi connectivity index (χ1v) is 10.3. The number of hydrogen-bond acceptors (Lipinski definition) is 3. The summed E-state index contributed by atoms with van der Waals surface area (Å²) in [4.78, 5) is 16.2. The van der Waals surface area contributed by atoms with Crippen molar-refractivity contribution < 1.29 is 4.79 Å². The fourth-order valence-electron chi connectivity index (χ4n) is 2.95. The van der Waals surface area contributed by atoms with Crippen molar-refractivity contribution in [3.63, 3.8) is 0 Å². The van der Waals surface area contributed by atoms with Crippen LogP contribution in [-0.2, 0) is 17.9 Å². The molecule has 0 saturated carbocycles. The molecule has 1 unspecified atom stereocenters. The van der Waals surface area contributed by atoms with Crippen molar-refractivity contribution >= 4 is 17.7 Å². The van der Waals surface area contributed by atoms with Crippen molar-refractivity contribution in [1.82, 2.24) is 10.2 Å². The minimum atomic E-state index is -0.281. The van der Waals surface area contributed by atoms with Crippen molar-refractivity contribution in [2.24, 2.45) is 0 Å². The number of amides is 1. The summed E-state index contributed by atoms with van der Waals surface area (Å²) in [6, 6.07) is 28.4. The third-order valence-electron chi connectivity index (χ3n) is 4.33. The van der Waals surface area contributed by atoms with Gasteiger partial charge in [0, 0.05) is 18.0 Å². The van der Waals surface area contributed by atoms with Crippen molar-refractivity contribution in [3.05, 3.63) is 102 Å². The van der Waals surface area contributed by atoms with E-state index < -0.39 is 0 Å². The average Bonchev–Trinajstić information content (AvgIpc) is 2.72. The molecule has 0 aliphatic carbocycles. The lowest BCUT2D eigenvalue weighted by Gasteiger charge is -2.17. The second-order valence-corrected chi connectivity index (χ2v) is 8.17. The first kappa shape index (κ1) is 20.2. The first-order chi connectivity index (χ1) is 13.6. The summed E-state index contributed by atoms with van der Waals surface area (Å²) in [5.74, 6) is 0.0254. The largest absolute Gasteiger partial charge is 0.351 e. The van der Waals surface area contributed by atoms with Gasteiger partial charge in [0.15, 0.2) is 0 Å². The number of benzene rings is 3. The number of hydrogen-bond donors (Lipinski definition) is 1. The Labute approximate surface area is 171 Å². The third kappa shape index (κ3) is 5.98. The van der Waals surface area contributed by atoms with E-state index in [0.29, 0.717) is 6.54 Å². The summed E-state index contributed by atoms with van der Waals surface area (Å²) in [6.07, 6.45) is 0. The summed E-state index contributed by atoms with van der Waals surface area (Å²) in [5, 5.41) is 2.83. The maximum atomic E-state index is 13.0. The summed E-state index contributed by atoms with van der Waals surface area (Å²) in [6.45, 7) is 1.44. The second kappa shape index (κ2) is 10.1. The highest BCUT2D eigenvalue weighted by molar-refractivity contribution is 8.00. The number of nitrogens with one attached hydrogen (secondary N) is 1. The van der Waals surface area contributed by atoms with Crippen LogP contribution in [-0.4, -0.2) is 24.9 Å². The number of carbonyl (C=O) groups excluding carboxylic acids is 1. The van der Waals surface area contributed by atoms with Gasteiger partial charge >= 0.3 is 0 Å². The summed E-state index contributed by atoms with van der Waals surface area (Å²) >= 11 is 1.58. The second-order valence-electron chi connectivity index (χ2n) is 6.99. The Morgan fingerprint density at radius 3 is 2.04 bits per heavy atom. The molecule has 0 bridgehead atoms.